The molecule has 0 amide bonds. The van der Waals surface area contributed by atoms with Gasteiger partial charge in [-0.25, -0.2) is 15.0 Å². The zero-order valence-corrected chi connectivity index (χ0v) is 13.6. The lowest BCUT2D eigenvalue weighted by Gasteiger charge is -2.21. The van der Waals surface area contributed by atoms with Gasteiger partial charge in [-0.2, -0.15) is 0 Å². The highest BCUT2D eigenvalue weighted by atomic mass is 16.5. The van der Waals surface area contributed by atoms with Crippen LogP contribution in [0.2, 0.25) is 0 Å². The number of nitrogens with one attached hydrogen (secondary N) is 1. The number of hydrogen-bond donors (Lipinski definition) is 1. The van der Waals surface area contributed by atoms with Crippen molar-refractivity contribution in [2.75, 3.05) is 18.5 Å². The van der Waals surface area contributed by atoms with Crippen molar-refractivity contribution in [2.24, 2.45) is 5.92 Å². The quantitative estimate of drug-likeness (QED) is 0.919. The largest absolute Gasteiger partial charge is 0.376 e. The van der Waals surface area contributed by atoms with Crippen LogP contribution in [-0.4, -0.2) is 38.8 Å². The first kappa shape index (κ1) is 14.9. The Kier molecular flexibility index (Phi) is 4.41. The third-order valence-corrected chi connectivity index (χ3v) is 5.11. The van der Waals surface area contributed by atoms with Crippen LogP contribution in [0.1, 0.15) is 44.9 Å². The summed E-state index contributed by atoms with van der Waals surface area (Å²) in [5.74, 6) is 1.63. The molecule has 1 saturated carbocycles. The Morgan fingerprint density at radius 3 is 2.83 bits per heavy atom. The maximum Gasteiger partial charge on any atom is 0.165 e. The molecular formula is C17H25N5O. The number of anilines is 1. The van der Waals surface area contributed by atoms with Gasteiger partial charge < -0.3 is 14.6 Å². The first-order valence-electron chi connectivity index (χ1n) is 8.91. The van der Waals surface area contributed by atoms with Crippen LogP contribution in [0.4, 0.5) is 5.82 Å². The Morgan fingerprint density at radius 2 is 2.00 bits per heavy atom. The molecule has 2 aromatic heterocycles. The van der Waals surface area contributed by atoms with Gasteiger partial charge in [-0.05, 0) is 31.6 Å². The third kappa shape index (κ3) is 3.32. The number of nitrogens with zero attached hydrogens (tertiary/aromatic N) is 4. The Balaban J connectivity index is 1.47. The summed E-state index contributed by atoms with van der Waals surface area (Å²) in [6.45, 7) is 2.70. The van der Waals surface area contributed by atoms with Gasteiger partial charge in [0.15, 0.2) is 11.5 Å². The second-order valence-electron chi connectivity index (χ2n) is 6.81. The summed E-state index contributed by atoms with van der Waals surface area (Å²) in [6.07, 6.45) is 12.8. The summed E-state index contributed by atoms with van der Waals surface area (Å²) in [6, 6.07) is 0. The number of aromatic nitrogens is 4. The lowest BCUT2D eigenvalue weighted by Crippen LogP contribution is -2.18. The molecule has 23 heavy (non-hydrogen) atoms. The minimum Gasteiger partial charge on any atom is -0.376 e. The molecule has 124 valence electrons. The van der Waals surface area contributed by atoms with E-state index in [0.29, 0.717) is 6.10 Å². The molecule has 0 radical (unpaired) electrons. The summed E-state index contributed by atoms with van der Waals surface area (Å²) in [7, 11) is 0. The van der Waals surface area contributed by atoms with E-state index < -0.39 is 0 Å². The van der Waals surface area contributed by atoms with E-state index in [9.17, 15) is 0 Å². The monoisotopic (exact) mass is 315 g/mol. The molecule has 1 saturated heterocycles. The fourth-order valence-electron chi connectivity index (χ4n) is 3.78. The molecule has 1 N–H and O–H groups in total. The lowest BCUT2D eigenvalue weighted by atomic mass is 9.89. The van der Waals surface area contributed by atoms with Gasteiger partial charge in [-0.15, -0.1) is 0 Å². The van der Waals surface area contributed by atoms with Crippen LogP contribution < -0.4 is 5.32 Å². The molecule has 3 heterocycles. The van der Waals surface area contributed by atoms with E-state index in [1.165, 1.54) is 32.1 Å². The highest BCUT2D eigenvalue weighted by molar-refractivity contribution is 5.82. The van der Waals surface area contributed by atoms with Crippen molar-refractivity contribution in [3.05, 3.63) is 12.7 Å². The van der Waals surface area contributed by atoms with E-state index in [4.69, 9.17) is 4.74 Å². The van der Waals surface area contributed by atoms with Gasteiger partial charge in [0.2, 0.25) is 0 Å². The van der Waals surface area contributed by atoms with Gasteiger partial charge >= 0.3 is 0 Å². The van der Waals surface area contributed by atoms with Crippen molar-refractivity contribution in [3.63, 3.8) is 0 Å². The second kappa shape index (κ2) is 6.83. The standard InChI is InChI=1S/C17H25N5O/c1-2-5-13(6-3-1)9-18-16-15-17(20-11-19-16)22(12-21-15)10-14-7-4-8-23-14/h11-14H,1-10H2,(H,18,19,20). The summed E-state index contributed by atoms with van der Waals surface area (Å²) in [5.41, 5.74) is 1.78. The Hall–Kier alpha value is -1.69. The van der Waals surface area contributed by atoms with Crippen LogP contribution in [0.5, 0.6) is 0 Å². The van der Waals surface area contributed by atoms with Crippen LogP contribution in [0.3, 0.4) is 0 Å². The van der Waals surface area contributed by atoms with Gasteiger partial charge in [0.1, 0.15) is 11.8 Å². The van der Waals surface area contributed by atoms with Gasteiger partial charge in [0.25, 0.3) is 0 Å². The lowest BCUT2D eigenvalue weighted by molar-refractivity contribution is 0.0978. The zero-order valence-electron chi connectivity index (χ0n) is 13.6. The van der Waals surface area contributed by atoms with Gasteiger partial charge in [-0.1, -0.05) is 19.3 Å². The molecule has 2 aliphatic rings. The molecule has 2 fully saturated rings. The summed E-state index contributed by atoms with van der Waals surface area (Å²) >= 11 is 0. The molecule has 6 nitrogen and oxygen atoms in total. The average molecular weight is 315 g/mol. The van der Waals surface area contributed by atoms with Crippen molar-refractivity contribution in [3.8, 4) is 0 Å². The van der Waals surface area contributed by atoms with Crippen LogP contribution in [-0.2, 0) is 11.3 Å². The minimum absolute atomic E-state index is 0.293. The maximum atomic E-state index is 5.72. The fourth-order valence-corrected chi connectivity index (χ4v) is 3.78. The molecule has 2 aromatic rings. The summed E-state index contributed by atoms with van der Waals surface area (Å²) in [4.78, 5) is 13.4. The third-order valence-electron chi connectivity index (χ3n) is 5.11. The molecule has 1 aliphatic carbocycles. The Labute approximate surface area is 136 Å². The molecule has 6 heteroatoms. The highest BCUT2D eigenvalue weighted by Gasteiger charge is 2.19. The van der Waals surface area contributed by atoms with Crippen molar-refractivity contribution >= 4 is 17.0 Å². The predicted molar refractivity (Wildman–Crippen MR) is 89.4 cm³/mol. The normalized spacial score (nSPS) is 22.7. The highest BCUT2D eigenvalue weighted by Crippen LogP contribution is 2.25. The van der Waals surface area contributed by atoms with E-state index >= 15 is 0 Å². The first-order chi connectivity index (χ1) is 11.4. The van der Waals surface area contributed by atoms with Gasteiger partial charge in [0, 0.05) is 13.2 Å². The van der Waals surface area contributed by atoms with Crippen LogP contribution in [0, 0.1) is 5.92 Å². The second-order valence-corrected chi connectivity index (χ2v) is 6.81. The number of hydrogen-bond acceptors (Lipinski definition) is 5. The predicted octanol–water partition coefficient (Wildman–Crippen LogP) is 3.00. The Bertz CT molecular complexity index is 643. The Morgan fingerprint density at radius 1 is 1.09 bits per heavy atom. The van der Waals surface area contributed by atoms with Crippen molar-refractivity contribution in [1.29, 1.82) is 0 Å². The van der Waals surface area contributed by atoms with Crippen LogP contribution >= 0.6 is 0 Å². The molecule has 0 aromatic carbocycles. The number of ether oxygens (including phenoxy) is 1. The molecule has 4 rings (SSSR count). The zero-order chi connectivity index (χ0) is 15.5. The molecule has 1 atom stereocenters. The topological polar surface area (TPSA) is 64.9 Å². The van der Waals surface area contributed by atoms with Crippen LogP contribution in [0.25, 0.3) is 11.2 Å². The maximum absolute atomic E-state index is 5.72. The van der Waals surface area contributed by atoms with E-state index in [0.717, 1.165) is 55.4 Å². The molecule has 0 spiro atoms. The molecule has 1 aliphatic heterocycles. The van der Waals surface area contributed by atoms with Gasteiger partial charge in [-0.3, -0.25) is 0 Å². The SMILES string of the molecule is c1nc(NCC2CCCCC2)c2ncn(CC3CCCO3)c2n1. The van der Waals surface area contributed by atoms with Crippen molar-refractivity contribution < 1.29 is 4.74 Å². The average Bonchev–Trinajstić information content (AvgIpc) is 3.25. The van der Waals surface area contributed by atoms with Crippen LogP contribution in [0.15, 0.2) is 12.7 Å². The fraction of sp³-hybridized carbons (Fsp3) is 0.706. The van der Waals surface area contributed by atoms with Crippen molar-refractivity contribution in [1.82, 2.24) is 19.5 Å². The molecular weight excluding hydrogens is 290 g/mol. The first-order valence-corrected chi connectivity index (χ1v) is 8.91. The molecule has 0 bridgehead atoms. The molecule has 1 unspecified atom stereocenters. The van der Waals surface area contributed by atoms with E-state index in [1.54, 1.807) is 6.33 Å². The van der Waals surface area contributed by atoms with E-state index in [2.05, 4.69) is 24.8 Å². The minimum atomic E-state index is 0.293. The number of rotatable bonds is 5. The van der Waals surface area contributed by atoms with E-state index in [1.807, 2.05) is 6.33 Å². The summed E-state index contributed by atoms with van der Waals surface area (Å²) < 4.78 is 7.82. The number of fused-ring (bicyclic) bond motifs is 1. The van der Waals surface area contributed by atoms with Gasteiger partial charge in [0.05, 0.1) is 19.0 Å². The smallest absolute Gasteiger partial charge is 0.165 e. The number of imidazole rings is 1. The van der Waals surface area contributed by atoms with Crippen molar-refractivity contribution in [2.45, 2.75) is 57.6 Å². The van der Waals surface area contributed by atoms with E-state index in [-0.39, 0.29) is 0 Å². The summed E-state index contributed by atoms with van der Waals surface area (Å²) in [5, 5.41) is 3.51.